The van der Waals surface area contributed by atoms with Gasteiger partial charge in [0.15, 0.2) is 0 Å². The van der Waals surface area contributed by atoms with Crippen molar-refractivity contribution in [1.29, 1.82) is 0 Å². The Labute approximate surface area is 86.1 Å². The quantitative estimate of drug-likeness (QED) is 0.604. The fourth-order valence-electron chi connectivity index (χ4n) is 1.16. The van der Waals surface area contributed by atoms with Crippen LogP contribution in [0.5, 0.6) is 0 Å². The van der Waals surface area contributed by atoms with Crippen molar-refractivity contribution in [2.45, 2.75) is 16.4 Å². The van der Waals surface area contributed by atoms with Crippen molar-refractivity contribution in [3.05, 3.63) is 29.8 Å². The van der Waals surface area contributed by atoms with Crippen molar-refractivity contribution in [2.75, 3.05) is 0 Å². The highest BCUT2D eigenvalue weighted by Crippen LogP contribution is 2.40. The van der Waals surface area contributed by atoms with Crippen LogP contribution in [-0.2, 0) is 0 Å². The smallest absolute Gasteiger partial charge is 0.0800 e. The van der Waals surface area contributed by atoms with Crippen molar-refractivity contribution in [3.8, 4) is 0 Å². The Hall–Kier alpha value is 0.01000. The standard InChI is InChI=1S/C9H8S3/c1-6-11-8-5-3-2-4-7(8)9(10)12-6/h2-6H,1H3. The predicted octanol–water partition coefficient (Wildman–Crippen LogP) is 3.55. The zero-order valence-electron chi connectivity index (χ0n) is 6.61. The van der Waals surface area contributed by atoms with Gasteiger partial charge in [-0.3, -0.25) is 0 Å². The average Bonchev–Trinajstić information content (AvgIpc) is 2.04. The van der Waals surface area contributed by atoms with Crippen LogP contribution in [0.25, 0.3) is 0 Å². The Balaban J connectivity index is 2.47. The Morgan fingerprint density at radius 1 is 1.25 bits per heavy atom. The molecule has 1 aromatic carbocycles. The monoisotopic (exact) mass is 212 g/mol. The SMILES string of the molecule is CC1SC(=S)c2ccccc2S1. The molecule has 3 heteroatoms. The van der Waals surface area contributed by atoms with Crippen LogP contribution in [0, 0.1) is 0 Å². The first kappa shape index (κ1) is 8.60. The lowest BCUT2D eigenvalue weighted by atomic mass is 10.2. The summed E-state index contributed by atoms with van der Waals surface area (Å²) in [5.74, 6) is 0. The van der Waals surface area contributed by atoms with E-state index in [0.717, 1.165) is 4.20 Å². The minimum absolute atomic E-state index is 0.562. The zero-order chi connectivity index (χ0) is 8.55. The zero-order valence-corrected chi connectivity index (χ0v) is 9.06. The largest absolute Gasteiger partial charge is 0.111 e. The number of hydrogen-bond donors (Lipinski definition) is 0. The fraction of sp³-hybridized carbons (Fsp3) is 0.222. The lowest BCUT2D eigenvalue weighted by Crippen LogP contribution is -2.06. The van der Waals surface area contributed by atoms with Gasteiger partial charge in [-0.2, -0.15) is 0 Å². The van der Waals surface area contributed by atoms with Crippen LogP contribution in [0.2, 0.25) is 0 Å². The minimum atomic E-state index is 0.562. The molecule has 0 amide bonds. The topological polar surface area (TPSA) is 0 Å². The molecule has 0 bridgehead atoms. The minimum Gasteiger partial charge on any atom is -0.111 e. The van der Waals surface area contributed by atoms with Crippen molar-refractivity contribution in [2.24, 2.45) is 0 Å². The molecule has 0 spiro atoms. The maximum Gasteiger partial charge on any atom is 0.0800 e. The van der Waals surface area contributed by atoms with E-state index in [1.165, 1.54) is 10.5 Å². The third kappa shape index (κ3) is 1.53. The van der Waals surface area contributed by atoms with E-state index in [4.69, 9.17) is 12.2 Å². The summed E-state index contributed by atoms with van der Waals surface area (Å²) in [6.07, 6.45) is 0. The molecule has 62 valence electrons. The van der Waals surface area contributed by atoms with Gasteiger partial charge >= 0.3 is 0 Å². The first-order valence-electron chi connectivity index (χ1n) is 3.74. The molecule has 0 nitrogen and oxygen atoms in total. The van der Waals surface area contributed by atoms with Gasteiger partial charge in [0.25, 0.3) is 0 Å². The summed E-state index contributed by atoms with van der Waals surface area (Å²) in [6.45, 7) is 2.19. The molecule has 0 saturated heterocycles. The summed E-state index contributed by atoms with van der Waals surface area (Å²) in [7, 11) is 0. The third-order valence-electron chi connectivity index (χ3n) is 1.67. The summed E-state index contributed by atoms with van der Waals surface area (Å²) in [6, 6.07) is 8.35. The van der Waals surface area contributed by atoms with Gasteiger partial charge in [0, 0.05) is 10.5 Å². The molecule has 1 aromatic rings. The normalized spacial score (nSPS) is 22.1. The van der Waals surface area contributed by atoms with E-state index < -0.39 is 0 Å². The van der Waals surface area contributed by atoms with E-state index in [0.29, 0.717) is 4.58 Å². The van der Waals surface area contributed by atoms with Gasteiger partial charge in [0.2, 0.25) is 0 Å². The number of thiocarbonyl (C=S) groups is 1. The molecular weight excluding hydrogens is 204 g/mol. The van der Waals surface area contributed by atoms with Crippen molar-refractivity contribution in [3.63, 3.8) is 0 Å². The van der Waals surface area contributed by atoms with E-state index in [-0.39, 0.29) is 0 Å². The van der Waals surface area contributed by atoms with Gasteiger partial charge in [-0.05, 0) is 13.0 Å². The highest BCUT2D eigenvalue weighted by atomic mass is 32.2. The molecule has 0 saturated carbocycles. The average molecular weight is 212 g/mol. The first-order valence-corrected chi connectivity index (χ1v) is 5.91. The van der Waals surface area contributed by atoms with Crippen LogP contribution < -0.4 is 0 Å². The van der Waals surface area contributed by atoms with Crippen LogP contribution in [0.3, 0.4) is 0 Å². The summed E-state index contributed by atoms with van der Waals surface area (Å²) in [5.41, 5.74) is 1.24. The number of benzene rings is 1. The third-order valence-corrected chi connectivity index (χ3v) is 4.47. The van der Waals surface area contributed by atoms with Crippen molar-refractivity contribution < 1.29 is 0 Å². The number of thioether (sulfide) groups is 2. The Morgan fingerprint density at radius 3 is 2.83 bits per heavy atom. The van der Waals surface area contributed by atoms with Crippen LogP contribution >= 0.6 is 35.7 Å². The Kier molecular flexibility index (Phi) is 2.44. The fourth-order valence-corrected chi connectivity index (χ4v) is 4.29. The summed E-state index contributed by atoms with van der Waals surface area (Å²) in [5, 5.41) is 0. The second kappa shape index (κ2) is 3.40. The number of fused-ring (bicyclic) bond motifs is 1. The van der Waals surface area contributed by atoms with Gasteiger partial charge in [0.05, 0.1) is 8.78 Å². The maximum absolute atomic E-state index is 5.29. The van der Waals surface area contributed by atoms with Gasteiger partial charge in [-0.1, -0.05) is 42.2 Å². The van der Waals surface area contributed by atoms with Crippen molar-refractivity contribution >= 4 is 39.9 Å². The van der Waals surface area contributed by atoms with E-state index >= 15 is 0 Å². The molecule has 1 unspecified atom stereocenters. The second-order valence-corrected chi connectivity index (χ2v) is 6.29. The van der Waals surface area contributed by atoms with Gasteiger partial charge in [-0.25, -0.2) is 0 Å². The van der Waals surface area contributed by atoms with E-state index in [9.17, 15) is 0 Å². The summed E-state index contributed by atoms with van der Waals surface area (Å²) < 4.78 is 1.60. The van der Waals surface area contributed by atoms with Gasteiger partial charge in [-0.15, -0.1) is 11.8 Å². The predicted molar refractivity (Wildman–Crippen MR) is 61.1 cm³/mol. The highest BCUT2D eigenvalue weighted by molar-refractivity contribution is 8.31. The molecule has 0 aromatic heterocycles. The Morgan fingerprint density at radius 2 is 2.00 bits per heavy atom. The summed E-state index contributed by atoms with van der Waals surface area (Å²) >= 11 is 8.96. The molecule has 0 fully saturated rings. The van der Waals surface area contributed by atoms with E-state index in [1.54, 1.807) is 11.8 Å². The second-order valence-electron chi connectivity index (χ2n) is 2.59. The molecule has 0 N–H and O–H groups in total. The molecule has 0 radical (unpaired) electrons. The molecule has 12 heavy (non-hydrogen) atoms. The number of rotatable bonds is 0. The maximum atomic E-state index is 5.29. The molecule has 1 aliphatic rings. The van der Waals surface area contributed by atoms with Crippen LogP contribution in [0.1, 0.15) is 12.5 Å². The van der Waals surface area contributed by atoms with Crippen LogP contribution in [0.4, 0.5) is 0 Å². The lowest BCUT2D eigenvalue weighted by molar-refractivity contribution is 1.36. The van der Waals surface area contributed by atoms with Gasteiger partial charge in [0.1, 0.15) is 0 Å². The Bertz CT molecular complexity index is 319. The summed E-state index contributed by atoms with van der Waals surface area (Å²) in [4.78, 5) is 1.33. The number of hydrogen-bond acceptors (Lipinski definition) is 3. The molecular formula is C9H8S3. The first-order chi connectivity index (χ1) is 5.77. The lowest BCUT2D eigenvalue weighted by Gasteiger charge is -2.20. The van der Waals surface area contributed by atoms with E-state index in [2.05, 4.69) is 25.1 Å². The molecule has 1 heterocycles. The molecule has 0 aliphatic carbocycles. The van der Waals surface area contributed by atoms with Crippen LogP contribution in [-0.4, -0.2) is 8.78 Å². The highest BCUT2D eigenvalue weighted by Gasteiger charge is 2.19. The molecule has 1 aliphatic heterocycles. The van der Waals surface area contributed by atoms with Gasteiger partial charge < -0.3 is 0 Å². The van der Waals surface area contributed by atoms with Crippen molar-refractivity contribution in [1.82, 2.24) is 0 Å². The molecule has 1 atom stereocenters. The van der Waals surface area contributed by atoms with Crippen LogP contribution in [0.15, 0.2) is 29.2 Å². The van der Waals surface area contributed by atoms with E-state index in [1.807, 2.05) is 17.8 Å². The molecule has 2 rings (SSSR count).